The summed E-state index contributed by atoms with van der Waals surface area (Å²) >= 11 is 11.7. The molecule has 0 saturated heterocycles. The fraction of sp³-hybridized carbons (Fsp3) is 0.462. The first kappa shape index (κ1) is 16.0. The molecular weight excluding hydrogens is 360 g/mol. The molecule has 7 heteroatoms. The summed E-state index contributed by atoms with van der Waals surface area (Å²) in [5, 5.41) is 10.5. The van der Waals surface area contributed by atoms with Crippen LogP contribution in [0.15, 0.2) is 22.1 Å². The maximum atomic E-state index is 6.36. The van der Waals surface area contributed by atoms with Gasteiger partial charge in [-0.25, -0.2) is 0 Å². The van der Waals surface area contributed by atoms with Gasteiger partial charge in [0.25, 0.3) is 0 Å². The monoisotopic (exact) mass is 376 g/mol. The summed E-state index contributed by atoms with van der Waals surface area (Å²) < 4.78 is 3.08. The van der Waals surface area contributed by atoms with Gasteiger partial charge in [0.1, 0.15) is 0 Å². The van der Waals surface area contributed by atoms with E-state index in [2.05, 4.69) is 56.8 Å². The molecule has 0 aliphatic carbocycles. The molecule has 2 aromatic heterocycles. The Morgan fingerprint density at radius 2 is 2.30 bits per heavy atom. The number of aromatic nitrogens is 2. The highest BCUT2D eigenvalue weighted by Crippen LogP contribution is 2.35. The van der Waals surface area contributed by atoms with E-state index in [1.807, 2.05) is 11.7 Å². The molecule has 2 heterocycles. The first-order valence-electron chi connectivity index (χ1n) is 6.30. The molecule has 20 heavy (non-hydrogen) atoms. The van der Waals surface area contributed by atoms with Crippen LogP contribution in [-0.2, 0) is 6.54 Å². The molecule has 2 aromatic rings. The number of likely N-dealkylation sites (N-methyl/N-ethyl adjacent to an activating group) is 1. The first-order valence-corrected chi connectivity index (χ1v) is 8.35. The topological polar surface area (TPSA) is 33.1 Å². The predicted octanol–water partition coefficient (Wildman–Crippen LogP) is 3.23. The smallest absolute Gasteiger partial charge is 0.0866 e. The zero-order valence-electron chi connectivity index (χ0n) is 11.7. The van der Waals surface area contributed by atoms with Crippen LogP contribution in [0.1, 0.15) is 16.6 Å². The van der Waals surface area contributed by atoms with Crippen LogP contribution < -0.4 is 5.32 Å². The molecule has 0 fully saturated rings. The average Bonchev–Trinajstić information content (AvgIpc) is 2.97. The number of nitrogens with one attached hydrogen (secondary N) is 1. The van der Waals surface area contributed by atoms with E-state index < -0.39 is 0 Å². The average molecular weight is 378 g/mol. The van der Waals surface area contributed by atoms with Crippen molar-refractivity contribution in [1.29, 1.82) is 0 Å². The Kier molecular flexibility index (Phi) is 5.63. The lowest BCUT2D eigenvalue weighted by molar-refractivity contribution is 0.366. The molecule has 4 nitrogen and oxygen atoms in total. The summed E-state index contributed by atoms with van der Waals surface area (Å²) in [5.74, 6) is 0. The lowest BCUT2D eigenvalue weighted by Crippen LogP contribution is -2.25. The van der Waals surface area contributed by atoms with Gasteiger partial charge >= 0.3 is 0 Å². The molecule has 110 valence electrons. The third-order valence-electron chi connectivity index (χ3n) is 3.06. The number of hydrogen-bond donors (Lipinski definition) is 1. The quantitative estimate of drug-likeness (QED) is 0.839. The minimum absolute atomic E-state index is 0.0431. The maximum Gasteiger partial charge on any atom is 0.0866 e. The molecule has 0 aromatic carbocycles. The van der Waals surface area contributed by atoms with Gasteiger partial charge in [0, 0.05) is 15.9 Å². The van der Waals surface area contributed by atoms with E-state index in [4.69, 9.17) is 11.6 Å². The molecule has 0 aliphatic heterocycles. The van der Waals surface area contributed by atoms with Crippen LogP contribution in [0.5, 0.6) is 0 Å². The van der Waals surface area contributed by atoms with E-state index in [1.54, 1.807) is 17.5 Å². The Bertz CT molecular complexity index is 566. The van der Waals surface area contributed by atoms with Crippen molar-refractivity contribution in [3.05, 3.63) is 37.7 Å². The molecule has 0 spiro atoms. The SMILES string of the molecule is CNC(c1sccc1Br)c1c(Cl)cnn1CCN(C)C. The summed E-state index contributed by atoms with van der Waals surface area (Å²) in [6.45, 7) is 1.74. The van der Waals surface area contributed by atoms with Crippen molar-refractivity contribution in [2.45, 2.75) is 12.6 Å². The Balaban J connectivity index is 2.34. The summed E-state index contributed by atoms with van der Waals surface area (Å²) in [5.41, 5.74) is 1.01. The Morgan fingerprint density at radius 3 is 2.85 bits per heavy atom. The normalized spacial score (nSPS) is 13.1. The second-order valence-corrected chi connectivity index (χ2v) is 6.97. The molecule has 0 aliphatic rings. The van der Waals surface area contributed by atoms with Gasteiger partial charge in [0.15, 0.2) is 0 Å². The van der Waals surface area contributed by atoms with Crippen molar-refractivity contribution >= 4 is 38.9 Å². The number of rotatable bonds is 6. The van der Waals surface area contributed by atoms with Crippen molar-refractivity contribution in [2.24, 2.45) is 0 Å². The first-order chi connectivity index (χ1) is 9.54. The number of thiophene rings is 1. The van der Waals surface area contributed by atoms with Gasteiger partial charge < -0.3 is 10.2 Å². The standard InChI is InChI=1S/C13H18BrClN4S/c1-16-11(13-9(14)4-7-20-13)12-10(15)8-17-19(12)6-5-18(2)3/h4,7-8,11,16H,5-6H2,1-3H3. The van der Waals surface area contributed by atoms with E-state index in [-0.39, 0.29) is 6.04 Å². The molecule has 1 atom stereocenters. The van der Waals surface area contributed by atoms with Crippen LogP contribution in [0.25, 0.3) is 0 Å². The lowest BCUT2D eigenvalue weighted by Gasteiger charge is -2.19. The highest BCUT2D eigenvalue weighted by atomic mass is 79.9. The van der Waals surface area contributed by atoms with E-state index in [9.17, 15) is 0 Å². The van der Waals surface area contributed by atoms with Crippen molar-refractivity contribution in [3.63, 3.8) is 0 Å². The van der Waals surface area contributed by atoms with Crippen molar-refractivity contribution < 1.29 is 0 Å². The second kappa shape index (κ2) is 7.04. The van der Waals surface area contributed by atoms with Crippen molar-refractivity contribution in [2.75, 3.05) is 27.7 Å². The van der Waals surface area contributed by atoms with Crippen LogP contribution in [0.2, 0.25) is 5.02 Å². The summed E-state index contributed by atoms with van der Waals surface area (Å²) in [4.78, 5) is 3.34. The van der Waals surface area contributed by atoms with Gasteiger partial charge in [-0.1, -0.05) is 11.6 Å². The van der Waals surface area contributed by atoms with Gasteiger partial charge in [-0.05, 0) is 48.5 Å². The Morgan fingerprint density at radius 1 is 1.55 bits per heavy atom. The number of halogens is 2. The van der Waals surface area contributed by atoms with Gasteiger partial charge in [-0.15, -0.1) is 11.3 Å². The Labute approximate surface area is 136 Å². The second-order valence-electron chi connectivity index (χ2n) is 4.76. The molecule has 0 amide bonds. The number of nitrogens with zero attached hydrogens (tertiary/aromatic N) is 3. The van der Waals surface area contributed by atoms with Gasteiger partial charge in [-0.2, -0.15) is 5.10 Å². The van der Waals surface area contributed by atoms with Gasteiger partial charge in [0.05, 0.1) is 29.5 Å². The molecular formula is C13H18BrClN4S. The van der Waals surface area contributed by atoms with Crippen LogP contribution in [0.3, 0.4) is 0 Å². The molecule has 0 radical (unpaired) electrons. The van der Waals surface area contributed by atoms with E-state index in [0.29, 0.717) is 5.02 Å². The maximum absolute atomic E-state index is 6.36. The summed E-state index contributed by atoms with van der Waals surface area (Å²) in [6, 6.07) is 2.10. The van der Waals surface area contributed by atoms with Crippen LogP contribution >= 0.6 is 38.9 Å². The Hall–Kier alpha value is -0.400. The minimum atomic E-state index is 0.0431. The zero-order chi connectivity index (χ0) is 14.7. The largest absolute Gasteiger partial charge is 0.308 e. The molecule has 1 unspecified atom stereocenters. The van der Waals surface area contributed by atoms with Crippen LogP contribution in [0, 0.1) is 0 Å². The predicted molar refractivity (Wildman–Crippen MR) is 88.7 cm³/mol. The fourth-order valence-corrected chi connectivity index (χ4v) is 4.00. The lowest BCUT2D eigenvalue weighted by atomic mass is 10.1. The van der Waals surface area contributed by atoms with Crippen LogP contribution in [-0.4, -0.2) is 42.4 Å². The molecule has 2 rings (SSSR count). The third-order valence-corrected chi connectivity index (χ3v) is 5.29. The third kappa shape index (κ3) is 3.43. The molecule has 1 N–H and O–H groups in total. The zero-order valence-corrected chi connectivity index (χ0v) is 14.9. The van der Waals surface area contributed by atoms with E-state index in [1.165, 1.54) is 4.88 Å². The van der Waals surface area contributed by atoms with Gasteiger partial charge in [0.2, 0.25) is 0 Å². The fourth-order valence-electron chi connectivity index (χ4n) is 2.04. The van der Waals surface area contributed by atoms with Gasteiger partial charge in [-0.3, -0.25) is 4.68 Å². The van der Waals surface area contributed by atoms with Crippen molar-refractivity contribution in [1.82, 2.24) is 20.0 Å². The summed E-state index contributed by atoms with van der Waals surface area (Å²) in [6.07, 6.45) is 1.72. The molecule has 0 bridgehead atoms. The molecule has 0 saturated carbocycles. The highest BCUT2D eigenvalue weighted by Gasteiger charge is 2.23. The summed E-state index contributed by atoms with van der Waals surface area (Å²) in [7, 11) is 6.04. The van der Waals surface area contributed by atoms with Crippen LogP contribution in [0.4, 0.5) is 0 Å². The highest BCUT2D eigenvalue weighted by molar-refractivity contribution is 9.10. The van der Waals surface area contributed by atoms with E-state index >= 15 is 0 Å². The minimum Gasteiger partial charge on any atom is -0.308 e. The number of hydrogen-bond acceptors (Lipinski definition) is 4. The van der Waals surface area contributed by atoms with Crippen molar-refractivity contribution in [3.8, 4) is 0 Å². The van der Waals surface area contributed by atoms with E-state index in [0.717, 1.165) is 23.3 Å².